The van der Waals surface area contributed by atoms with Gasteiger partial charge in [-0.15, -0.1) is 0 Å². The van der Waals surface area contributed by atoms with Gasteiger partial charge in [-0.1, -0.05) is 36.3 Å². The summed E-state index contributed by atoms with van der Waals surface area (Å²) in [6.07, 6.45) is 3.67. The predicted molar refractivity (Wildman–Crippen MR) is 125 cm³/mol. The van der Waals surface area contributed by atoms with Gasteiger partial charge in [-0.25, -0.2) is 0 Å². The molecule has 1 saturated heterocycles. The van der Waals surface area contributed by atoms with E-state index in [1.54, 1.807) is 30.9 Å². The van der Waals surface area contributed by atoms with Gasteiger partial charge in [0.1, 0.15) is 5.60 Å². The standard InChI is InChI=1S/C27H33NO5/c1-4-32-25(30)27(15-8-11-21-9-6-5-7-10-21)17-19-28(20-18-27)24(29)23-13-12-22(33-23)14-16-26(2,3)31/h5-7,9-10,12-13,31H,4,8,11,15,17-20H2,1-3H3. The molecule has 0 aliphatic carbocycles. The quantitative estimate of drug-likeness (QED) is 0.504. The topological polar surface area (TPSA) is 80.0 Å². The maximum absolute atomic E-state index is 12.9. The Morgan fingerprint density at radius 2 is 1.85 bits per heavy atom. The second-order valence-electron chi connectivity index (χ2n) is 9.11. The Bertz CT molecular complexity index is 998. The van der Waals surface area contributed by atoms with Crippen molar-refractivity contribution in [3.05, 3.63) is 59.5 Å². The molecule has 0 atom stereocenters. The van der Waals surface area contributed by atoms with E-state index in [2.05, 4.69) is 24.0 Å². The summed E-state index contributed by atoms with van der Waals surface area (Å²) in [6, 6.07) is 13.5. The zero-order valence-corrected chi connectivity index (χ0v) is 19.7. The number of hydrogen-bond donors (Lipinski definition) is 1. The van der Waals surface area contributed by atoms with Crippen molar-refractivity contribution in [1.29, 1.82) is 0 Å². The number of aryl methyl sites for hydroxylation is 1. The minimum Gasteiger partial charge on any atom is -0.466 e. The molecule has 1 aromatic carbocycles. The third-order valence-electron chi connectivity index (χ3n) is 5.99. The lowest BCUT2D eigenvalue weighted by atomic mass is 9.74. The van der Waals surface area contributed by atoms with Crippen LogP contribution in [0.5, 0.6) is 0 Å². The lowest BCUT2D eigenvalue weighted by Crippen LogP contribution is -2.47. The highest BCUT2D eigenvalue weighted by Crippen LogP contribution is 2.38. The molecule has 0 radical (unpaired) electrons. The number of hydrogen-bond acceptors (Lipinski definition) is 5. The van der Waals surface area contributed by atoms with E-state index in [9.17, 15) is 14.7 Å². The molecule has 6 heteroatoms. The van der Waals surface area contributed by atoms with E-state index in [0.717, 1.165) is 19.3 Å². The van der Waals surface area contributed by atoms with Crippen LogP contribution in [0.4, 0.5) is 0 Å². The van der Waals surface area contributed by atoms with Crippen molar-refractivity contribution in [2.24, 2.45) is 5.41 Å². The second kappa shape index (κ2) is 10.7. The third-order valence-corrected chi connectivity index (χ3v) is 5.99. The van der Waals surface area contributed by atoms with Gasteiger partial charge in [0.05, 0.1) is 12.0 Å². The van der Waals surface area contributed by atoms with Crippen LogP contribution in [-0.4, -0.2) is 47.2 Å². The molecule has 1 fully saturated rings. The first-order chi connectivity index (χ1) is 15.7. The second-order valence-corrected chi connectivity index (χ2v) is 9.11. The molecule has 2 heterocycles. The molecule has 33 heavy (non-hydrogen) atoms. The van der Waals surface area contributed by atoms with Gasteiger partial charge in [0.15, 0.2) is 11.5 Å². The summed E-state index contributed by atoms with van der Waals surface area (Å²) in [5.41, 5.74) is -0.445. The van der Waals surface area contributed by atoms with Gasteiger partial charge in [0, 0.05) is 13.1 Å². The Kier molecular flexibility index (Phi) is 7.99. The number of carbonyl (C=O) groups excluding carboxylic acids is 2. The molecule has 0 bridgehead atoms. The molecule has 0 spiro atoms. The summed E-state index contributed by atoms with van der Waals surface area (Å²) in [5.74, 6) is 5.58. The number of piperidine rings is 1. The zero-order valence-electron chi connectivity index (χ0n) is 19.7. The highest BCUT2D eigenvalue weighted by Gasteiger charge is 2.43. The fourth-order valence-corrected chi connectivity index (χ4v) is 4.14. The average molecular weight is 452 g/mol. The minimum absolute atomic E-state index is 0.160. The van der Waals surface area contributed by atoms with Crippen molar-refractivity contribution in [3.63, 3.8) is 0 Å². The summed E-state index contributed by atoms with van der Waals surface area (Å²) < 4.78 is 11.0. The van der Waals surface area contributed by atoms with Gasteiger partial charge < -0.3 is 19.2 Å². The van der Waals surface area contributed by atoms with Crippen molar-refractivity contribution in [2.75, 3.05) is 19.7 Å². The summed E-state index contributed by atoms with van der Waals surface area (Å²) in [4.78, 5) is 27.5. The highest BCUT2D eigenvalue weighted by molar-refractivity contribution is 5.92. The Labute approximate surface area is 195 Å². The van der Waals surface area contributed by atoms with Crippen LogP contribution in [0.15, 0.2) is 46.9 Å². The van der Waals surface area contributed by atoms with Crippen molar-refractivity contribution in [3.8, 4) is 11.8 Å². The predicted octanol–water partition coefficient (Wildman–Crippen LogP) is 4.21. The van der Waals surface area contributed by atoms with Crippen LogP contribution in [0.1, 0.15) is 68.3 Å². The van der Waals surface area contributed by atoms with Crippen molar-refractivity contribution in [1.82, 2.24) is 4.90 Å². The van der Waals surface area contributed by atoms with Crippen LogP contribution in [0.2, 0.25) is 0 Å². The Morgan fingerprint density at radius 3 is 2.48 bits per heavy atom. The van der Waals surface area contributed by atoms with Gasteiger partial charge in [-0.3, -0.25) is 9.59 Å². The number of carbonyl (C=O) groups is 2. The van der Waals surface area contributed by atoms with Crippen molar-refractivity contribution < 1.29 is 23.8 Å². The number of furan rings is 1. The van der Waals surface area contributed by atoms with Gasteiger partial charge in [0.2, 0.25) is 0 Å². The van der Waals surface area contributed by atoms with Crippen LogP contribution < -0.4 is 0 Å². The molecule has 2 aromatic rings. The van der Waals surface area contributed by atoms with Gasteiger partial charge in [-0.2, -0.15) is 0 Å². The monoisotopic (exact) mass is 451 g/mol. The number of benzene rings is 1. The average Bonchev–Trinajstić information content (AvgIpc) is 3.27. The molecular formula is C27H33NO5. The normalized spacial score (nSPS) is 15.5. The molecular weight excluding hydrogens is 418 g/mol. The highest BCUT2D eigenvalue weighted by atomic mass is 16.5. The summed E-state index contributed by atoms with van der Waals surface area (Å²) in [7, 11) is 0. The first kappa shape index (κ1) is 24.6. The molecule has 1 amide bonds. The summed E-state index contributed by atoms with van der Waals surface area (Å²) >= 11 is 0. The summed E-state index contributed by atoms with van der Waals surface area (Å²) in [6.45, 7) is 6.27. The van der Waals surface area contributed by atoms with Gasteiger partial charge in [0.25, 0.3) is 5.91 Å². The lowest BCUT2D eigenvalue weighted by Gasteiger charge is -2.39. The van der Waals surface area contributed by atoms with E-state index in [-0.39, 0.29) is 17.6 Å². The minimum atomic E-state index is -1.14. The third kappa shape index (κ3) is 6.72. The SMILES string of the molecule is CCOC(=O)C1(CCCc2ccccc2)CCN(C(=O)c2ccc(C#CC(C)(C)O)o2)CC1. The van der Waals surface area contributed by atoms with E-state index < -0.39 is 11.0 Å². The first-order valence-corrected chi connectivity index (χ1v) is 11.6. The van der Waals surface area contributed by atoms with Gasteiger partial charge in [-0.05, 0) is 76.5 Å². The molecule has 1 aliphatic rings. The first-order valence-electron chi connectivity index (χ1n) is 11.6. The number of likely N-dealkylation sites (tertiary alicyclic amines) is 1. The molecule has 1 aromatic heterocycles. The number of amides is 1. The maximum Gasteiger partial charge on any atom is 0.312 e. The molecule has 176 valence electrons. The molecule has 6 nitrogen and oxygen atoms in total. The summed E-state index contributed by atoms with van der Waals surface area (Å²) in [5, 5.41) is 9.73. The number of nitrogens with zero attached hydrogens (tertiary/aromatic N) is 1. The van der Waals surface area contributed by atoms with Crippen molar-refractivity contribution in [2.45, 2.75) is 58.5 Å². The molecule has 0 unspecified atom stereocenters. The Hall–Kier alpha value is -3.04. The van der Waals surface area contributed by atoms with Gasteiger partial charge >= 0.3 is 5.97 Å². The zero-order chi connectivity index (χ0) is 23.9. The van der Waals surface area contributed by atoms with E-state index >= 15 is 0 Å². The van der Waals surface area contributed by atoms with E-state index in [1.807, 2.05) is 25.1 Å². The van der Waals surface area contributed by atoms with E-state index in [1.165, 1.54) is 5.56 Å². The fourth-order valence-electron chi connectivity index (χ4n) is 4.14. The van der Waals surface area contributed by atoms with Crippen LogP contribution in [-0.2, 0) is 16.0 Å². The van der Waals surface area contributed by atoms with E-state index in [0.29, 0.717) is 38.3 Å². The lowest BCUT2D eigenvalue weighted by molar-refractivity contribution is -0.159. The number of esters is 1. The number of rotatable bonds is 7. The van der Waals surface area contributed by atoms with Crippen LogP contribution in [0, 0.1) is 17.3 Å². The Balaban J connectivity index is 1.63. The molecule has 0 saturated carbocycles. The Morgan fingerprint density at radius 1 is 1.15 bits per heavy atom. The maximum atomic E-state index is 12.9. The molecule has 3 rings (SSSR count). The smallest absolute Gasteiger partial charge is 0.312 e. The fraction of sp³-hybridized carbons (Fsp3) is 0.481. The van der Waals surface area contributed by atoms with Crippen LogP contribution >= 0.6 is 0 Å². The van der Waals surface area contributed by atoms with E-state index in [4.69, 9.17) is 9.15 Å². The largest absolute Gasteiger partial charge is 0.466 e. The number of aliphatic hydroxyl groups is 1. The van der Waals surface area contributed by atoms with Crippen LogP contribution in [0.25, 0.3) is 0 Å². The van der Waals surface area contributed by atoms with Crippen molar-refractivity contribution >= 4 is 11.9 Å². The van der Waals surface area contributed by atoms with Crippen LogP contribution in [0.3, 0.4) is 0 Å². The molecule has 1 N–H and O–H groups in total. The number of ether oxygens (including phenoxy) is 1. The molecule has 1 aliphatic heterocycles.